The molecule has 0 aliphatic rings. The van der Waals surface area contributed by atoms with Crippen LogP contribution in [-0.4, -0.2) is 21.8 Å². The lowest BCUT2D eigenvalue weighted by Crippen LogP contribution is -2.09. The molecule has 0 amide bonds. The van der Waals surface area contributed by atoms with E-state index < -0.39 is 0 Å². The van der Waals surface area contributed by atoms with Gasteiger partial charge in [0.2, 0.25) is 0 Å². The van der Waals surface area contributed by atoms with Crippen LogP contribution >= 0.6 is 23.2 Å². The largest absolute Gasteiger partial charge is 0.314 e. The lowest BCUT2D eigenvalue weighted by molar-refractivity contribution is 0.767. The van der Waals surface area contributed by atoms with E-state index in [4.69, 9.17) is 23.2 Å². The van der Waals surface area contributed by atoms with Crippen LogP contribution in [0.1, 0.15) is 11.4 Å². The smallest absolute Gasteiger partial charge is 0.153 e. The van der Waals surface area contributed by atoms with Gasteiger partial charge in [0.05, 0.1) is 27.6 Å². The van der Waals surface area contributed by atoms with E-state index in [1.165, 1.54) is 0 Å². The first-order chi connectivity index (χ1) is 8.11. The monoisotopic (exact) mass is 270 g/mol. The van der Waals surface area contributed by atoms with Crippen LogP contribution in [-0.2, 0) is 6.54 Å². The number of rotatable bonds is 3. The number of aryl methyl sites for hydroxylation is 1. The van der Waals surface area contributed by atoms with Crippen molar-refractivity contribution in [3.63, 3.8) is 0 Å². The minimum atomic E-state index is 0.612. The Kier molecular flexibility index (Phi) is 3.66. The Hall–Kier alpha value is -1.10. The number of hydrogen-bond donors (Lipinski definition) is 1. The van der Waals surface area contributed by atoms with Crippen molar-refractivity contribution in [3.8, 4) is 5.82 Å². The fourth-order valence-corrected chi connectivity index (χ4v) is 1.75. The van der Waals surface area contributed by atoms with Crippen molar-refractivity contribution in [1.82, 2.24) is 20.1 Å². The Morgan fingerprint density at radius 2 is 2.06 bits per heavy atom. The molecule has 4 nitrogen and oxygen atoms in total. The van der Waals surface area contributed by atoms with E-state index in [2.05, 4.69) is 15.4 Å². The maximum Gasteiger partial charge on any atom is 0.153 e. The van der Waals surface area contributed by atoms with Crippen molar-refractivity contribution in [2.75, 3.05) is 7.05 Å². The maximum absolute atomic E-state index is 6.04. The van der Waals surface area contributed by atoms with Crippen molar-refractivity contribution < 1.29 is 0 Å². The van der Waals surface area contributed by atoms with Gasteiger partial charge in [-0.05, 0) is 26.1 Å². The lowest BCUT2D eigenvalue weighted by Gasteiger charge is -2.06. The third kappa shape index (κ3) is 2.60. The predicted molar refractivity (Wildman–Crippen MR) is 68.9 cm³/mol. The molecule has 0 unspecified atom stereocenters. The SMILES string of the molecule is CNCc1nc(-n2cc(Cl)c(C)n2)ccc1Cl. The summed E-state index contributed by atoms with van der Waals surface area (Å²) in [6, 6.07) is 3.62. The van der Waals surface area contributed by atoms with E-state index in [-0.39, 0.29) is 0 Å². The molecule has 2 aromatic rings. The summed E-state index contributed by atoms with van der Waals surface area (Å²) in [5, 5.41) is 8.55. The van der Waals surface area contributed by atoms with E-state index in [9.17, 15) is 0 Å². The average Bonchev–Trinajstić information content (AvgIpc) is 2.63. The van der Waals surface area contributed by atoms with Crippen molar-refractivity contribution in [1.29, 1.82) is 0 Å². The molecule has 17 heavy (non-hydrogen) atoms. The van der Waals surface area contributed by atoms with Crippen molar-refractivity contribution in [3.05, 3.63) is 39.8 Å². The van der Waals surface area contributed by atoms with Gasteiger partial charge >= 0.3 is 0 Å². The number of pyridine rings is 1. The highest BCUT2D eigenvalue weighted by molar-refractivity contribution is 6.31. The molecule has 0 radical (unpaired) electrons. The maximum atomic E-state index is 6.04. The summed E-state index contributed by atoms with van der Waals surface area (Å²) in [6.07, 6.45) is 1.73. The molecule has 0 aliphatic carbocycles. The summed E-state index contributed by atoms with van der Waals surface area (Å²) < 4.78 is 1.65. The van der Waals surface area contributed by atoms with E-state index in [1.807, 2.05) is 26.1 Å². The number of hydrogen-bond acceptors (Lipinski definition) is 3. The number of aromatic nitrogens is 3. The van der Waals surface area contributed by atoms with Crippen molar-refractivity contribution in [2.45, 2.75) is 13.5 Å². The average molecular weight is 271 g/mol. The molecule has 0 aliphatic heterocycles. The first-order valence-electron chi connectivity index (χ1n) is 5.14. The number of halogens is 2. The zero-order valence-corrected chi connectivity index (χ0v) is 11.0. The Balaban J connectivity index is 2.42. The molecule has 2 rings (SSSR count). The number of nitrogens with one attached hydrogen (secondary N) is 1. The van der Waals surface area contributed by atoms with Gasteiger partial charge in [-0.15, -0.1) is 0 Å². The molecular weight excluding hydrogens is 259 g/mol. The van der Waals surface area contributed by atoms with Gasteiger partial charge in [0.1, 0.15) is 0 Å². The summed E-state index contributed by atoms with van der Waals surface area (Å²) >= 11 is 12.0. The van der Waals surface area contributed by atoms with Crippen molar-refractivity contribution >= 4 is 23.2 Å². The highest BCUT2D eigenvalue weighted by atomic mass is 35.5. The highest BCUT2D eigenvalue weighted by Gasteiger charge is 2.08. The summed E-state index contributed by atoms with van der Waals surface area (Å²) in [4.78, 5) is 4.43. The van der Waals surface area contributed by atoms with Gasteiger partial charge < -0.3 is 5.32 Å². The van der Waals surface area contributed by atoms with Crippen LogP contribution in [0.5, 0.6) is 0 Å². The Morgan fingerprint density at radius 3 is 2.65 bits per heavy atom. The summed E-state index contributed by atoms with van der Waals surface area (Å²) in [5.41, 5.74) is 1.56. The molecule has 0 bridgehead atoms. The van der Waals surface area contributed by atoms with Crippen molar-refractivity contribution in [2.24, 2.45) is 0 Å². The third-order valence-electron chi connectivity index (χ3n) is 2.32. The van der Waals surface area contributed by atoms with Crippen LogP contribution in [0, 0.1) is 6.92 Å². The Morgan fingerprint density at radius 1 is 1.29 bits per heavy atom. The van der Waals surface area contributed by atoms with Gasteiger partial charge in [-0.3, -0.25) is 0 Å². The van der Waals surface area contributed by atoms with Gasteiger partial charge in [-0.2, -0.15) is 5.10 Å². The highest BCUT2D eigenvalue weighted by Crippen LogP contribution is 2.18. The summed E-state index contributed by atoms with van der Waals surface area (Å²) in [6.45, 7) is 2.46. The van der Waals surface area contributed by atoms with E-state index in [1.54, 1.807) is 10.9 Å². The van der Waals surface area contributed by atoms with E-state index >= 15 is 0 Å². The molecular formula is C11H12Cl2N4. The zero-order valence-electron chi connectivity index (χ0n) is 9.54. The second-order valence-corrected chi connectivity index (χ2v) is 4.45. The van der Waals surface area contributed by atoms with Crippen LogP contribution in [0.3, 0.4) is 0 Å². The fraction of sp³-hybridized carbons (Fsp3) is 0.273. The Labute approximate surface area is 110 Å². The van der Waals surface area contributed by atoms with Gasteiger partial charge in [0.25, 0.3) is 0 Å². The second kappa shape index (κ2) is 5.04. The quantitative estimate of drug-likeness (QED) is 0.933. The molecule has 1 N–H and O–H groups in total. The normalized spacial score (nSPS) is 10.8. The lowest BCUT2D eigenvalue weighted by atomic mass is 10.3. The minimum Gasteiger partial charge on any atom is -0.314 e. The van der Waals surface area contributed by atoms with Crippen LogP contribution < -0.4 is 5.32 Å². The van der Waals surface area contributed by atoms with Crippen LogP contribution in [0.2, 0.25) is 10.0 Å². The third-order valence-corrected chi connectivity index (χ3v) is 3.04. The van der Waals surface area contributed by atoms with Gasteiger partial charge in [-0.25, -0.2) is 9.67 Å². The predicted octanol–water partition coefficient (Wildman–Crippen LogP) is 2.60. The zero-order chi connectivity index (χ0) is 12.4. The van der Waals surface area contributed by atoms with Gasteiger partial charge in [0.15, 0.2) is 5.82 Å². The molecule has 0 fully saturated rings. The van der Waals surface area contributed by atoms with Crippen LogP contribution in [0.15, 0.2) is 18.3 Å². The second-order valence-electron chi connectivity index (χ2n) is 3.64. The first kappa shape index (κ1) is 12.4. The van der Waals surface area contributed by atoms with Gasteiger partial charge in [-0.1, -0.05) is 23.2 Å². The molecule has 0 saturated carbocycles. The Bertz CT molecular complexity index is 517. The summed E-state index contributed by atoms with van der Waals surface area (Å²) in [5.74, 6) is 0.703. The van der Waals surface area contributed by atoms with E-state index in [0.29, 0.717) is 22.4 Å². The van der Waals surface area contributed by atoms with Crippen LogP contribution in [0.25, 0.3) is 5.82 Å². The molecule has 90 valence electrons. The summed E-state index contributed by atoms with van der Waals surface area (Å²) in [7, 11) is 1.85. The van der Waals surface area contributed by atoms with Gasteiger partial charge in [0, 0.05) is 6.54 Å². The van der Waals surface area contributed by atoms with Crippen LogP contribution in [0.4, 0.5) is 0 Å². The molecule has 0 aromatic carbocycles. The molecule has 2 aromatic heterocycles. The van der Waals surface area contributed by atoms with E-state index in [0.717, 1.165) is 11.4 Å². The molecule has 6 heteroatoms. The number of nitrogens with zero attached hydrogens (tertiary/aromatic N) is 3. The molecule has 0 atom stereocenters. The molecule has 2 heterocycles. The molecule has 0 spiro atoms. The topological polar surface area (TPSA) is 42.7 Å². The standard InChI is InChI=1S/C11H12Cl2N4/c1-7-9(13)6-17(16-7)11-4-3-8(12)10(15-11)5-14-2/h3-4,6,14H,5H2,1-2H3. The fourth-order valence-electron chi connectivity index (χ4n) is 1.45. The molecule has 0 saturated heterocycles. The minimum absolute atomic E-state index is 0.612. The first-order valence-corrected chi connectivity index (χ1v) is 5.89.